The Labute approximate surface area is 217 Å². The van der Waals surface area contributed by atoms with E-state index in [0.29, 0.717) is 12.2 Å². The summed E-state index contributed by atoms with van der Waals surface area (Å²) < 4.78 is 5.50. The molecular formula is C32H42N2O2. The van der Waals surface area contributed by atoms with Crippen molar-refractivity contribution in [2.24, 2.45) is 5.92 Å². The first-order valence-electron chi connectivity index (χ1n) is 13.8. The SMILES string of the molecule is CCCCCCCc1ccc(-c2ncc(-c3ccc(OC(=O)CCCCC(C)CC)cc3)cn2)cc1. The molecule has 0 saturated carbocycles. The summed E-state index contributed by atoms with van der Waals surface area (Å²) in [4.78, 5) is 21.3. The molecule has 4 nitrogen and oxygen atoms in total. The van der Waals surface area contributed by atoms with Gasteiger partial charge >= 0.3 is 5.97 Å². The summed E-state index contributed by atoms with van der Waals surface area (Å²) in [5, 5.41) is 0. The molecule has 0 aliphatic rings. The van der Waals surface area contributed by atoms with E-state index >= 15 is 0 Å². The third-order valence-corrected chi connectivity index (χ3v) is 6.88. The second kappa shape index (κ2) is 15.2. The zero-order valence-electron chi connectivity index (χ0n) is 22.3. The van der Waals surface area contributed by atoms with Gasteiger partial charge in [0.1, 0.15) is 5.75 Å². The number of aromatic nitrogens is 2. The topological polar surface area (TPSA) is 52.1 Å². The third kappa shape index (κ3) is 9.22. The Hall–Kier alpha value is -3.01. The van der Waals surface area contributed by atoms with Crippen molar-refractivity contribution in [3.8, 4) is 28.3 Å². The van der Waals surface area contributed by atoms with Gasteiger partial charge < -0.3 is 4.74 Å². The van der Waals surface area contributed by atoms with E-state index in [0.717, 1.165) is 47.7 Å². The fourth-order valence-corrected chi connectivity index (χ4v) is 4.24. The van der Waals surface area contributed by atoms with Gasteiger partial charge in [-0.15, -0.1) is 0 Å². The number of hydrogen-bond acceptors (Lipinski definition) is 4. The summed E-state index contributed by atoms with van der Waals surface area (Å²) in [6, 6.07) is 16.2. The summed E-state index contributed by atoms with van der Waals surface area (Å²) in [5.41, 5.74) is 4.33. The first kappa shape index (κ1) is 27.6. The van der Waals surface area contributed by atoms with Crippen LogP contribution in [-0.4, -0.2) is 15.9 Å². The molecule has 0 amide bonds. The Morgan fingerprint density at radius 3 is 2.11 bits per heavy atom. The van der Waals surface area contributed by atoms with Gasteiger partial charge in [-0.1, -0.05) is 102 Å². The van der Waals surface area contributed by atoms with Crippen molar-refractivity contribution in [3.05, 3.63) is 66.5 Å². The van der Waals surface area contributed by atoms with Crippen LogP contribution in [0.5, 0.6) is 5.75 Å². The van der Waals surface area contributed by atoms with Crippen LogP contribution in [0.2, 0.25) is 0 Å². The van der Waals surface area contributed by atoms with Gasteiger partial charge in [0.05, 0.1) is 0 Å². The maximum absolute atomic E-state index is 12.1. The molecule has 0 saturated heterocycles. The highest BCUT2D eigenvalue weighted by atomic mass is 16.5. The number of esters is 1. The molecule has 1 aromatic heterocycles. The van der Waals surface area contributed by atoms with Gasteiger partial charge in [-0.05, 0) is 48.4 Å². The van der Waals surface area contributed by atoms with E-state index in [1.165, 1.54) is 50.5 Å². The van der Waals surface area contributed by atoms with Crippen molar-refractivity contribution in [1.82, 2.24) is 9.97 Å². The standard InChI is InChI=1S/C32H42N2O2/c1-4-6-7-8-9-13-26-15-17-28(18-16-26)32-33-23-29(24-34-32)27-19-21-30(22-20-27)36-31(35)14-11-10-12-25(3)5-2/h15-25H,4-14H2,1-3H3. The average molecular weight is 487 g/mol. The lowest BCUT2D eigenvalue weighted by molar-refractivity contribution is -0.134. The van der Waals surface area contributed by atoms with Crippen LogP contribution < -0.4 is 4.74 Å². The van der Waals surface area contributed by atoms with Crippen molar-refractivity contribution in [1.29, 1.82) is 0 Å². The summed E-state index contributed by atoms with van der Waals surface area (Å²) in [7, 11) is 0. The zero-order valence-corrected chi connectivity index (χ0v) is 22.3. The van der Waals surface area contributed by atoms with E-state index in [1.807, 2.05) is 36.7 Å². The summed E-state index contributed by atoms with van der Waals surface area (Å²) >= 11 is 0. The molecule has 192 valence electrons. The van der Waals surface area contributed by atoms with Crippen LogP contribution in [0, 0.1) is 5.92 Å². The second-order valence-electron chi connectivity index (χ2n) is 9.91. The Bertz CT molecular complexity index is 1030. The molecule has 4 heteroatoms. The largest absolute Gasteiger partial charge is 0.427 e. The molecule has 1 atom stereocenters. The first-order valence-corrected chi connectivity index (χ1v) is 13.8. The van der Waals surface area contributed by atoms with Crippen molar-refractivity contribution in [2.75, 3.05) is 0 Å². The van der Waals surface area contributed by atoms with Crippen LogP contribution in [0.15, 0.2) is 60.9 Å². The van der Waals surface area contributed by atoms with Crippen LogP contribution in [-0.2, 0) is 11.2 Å². The lowest BCUT2D eigenvalue weighted by Gasteiger charge is -2.08. The molecule has 0 spiro atoms. The average Bonchev–Trinajstić information content (AvgIpc) is 2.92. The molecule has 36 heavy (non-hydrogen) atoms. The van der Waals surface area contributed by atoms with E-state index < -0.39 is 0 Å². The van der Waals surface area contributed by atoms with Crippen LogP contribution in [0.3, 0.4) is 0 Å². The minimum Gasteiger partial charge on any atom is -0.427 e. The molecule has 0 fully saturated rings. The third-order valence-electron chi connectivity index (χ3n) is 6.88. The molecule has 3 rings (SSSR count). The lowest BCUT2D eigenvalue weighted by Crippen LogP contribution is -2.07. The normalized spacial score (nSPS) is 11.9. The summed E-state index contributed by atoms with van der Waals surface area (Å²) in [5.74, 6) is 1.87. The number of benzene rings is 2. The fourth-order valence-electron chi connectivity index (χ4n) is 4.24. The van der Waals surface area contributed by atoms with Gasteiger partial charge in [0.25, 0.3) is 0 Å². The van der Waals surface area contributed by atoms with Crippen LogP contribution >= 0.6 is 0 Å². The number of nitrogens with zero attached hydrogens (tertiary/aromatic N) is 2. The van der Waals surface area contributed by atoms with E-state index in [4.69, 9.17) is 4.74 Å². The molecule has 3 aromatic rings. The minimum atomic E-state index is -0.165. The number of hydrogen-bond donors (Lipinski definition) is 0. The molecular weight excluding hydrogens is 444 g/mol. The Balaban J connectivity index is 1.48. The number of aryl methyl sites for hydroxylation is 1. The molecule has 1 unspecified atom stereocenters. The maximum atomic E-state index is 12.1. The maximum Gasteiger partial charge on any atom is 0.311 e. The lowest BCUT2D eigenvalue weighted by atomic mass is 10.0. The van der Waals surface area contributed by atoms with Gasteiger partial charge in [-0.3, -0.25) is 4.79 Å². The predicted molar refractivity (Wildman–Crippen MR) is 149 cm³/mol. The van der Waals surface area contributed by atoms with E-state index in [2.05, 4.69) is 55.0 Å². The highest BCUT2D eigenvalue weighted by Crippen LogP contribution is 2.24. The van der Waals surface area contributed by atoms with E-state index in [9.17, 15) is 4.79 Å². The van der Waals surface area contributed by atoms with Crippen LogP contribution in [0.25, 0.3) is 22.5 Å². The van der Waals surface area contributed by atoms with E-state index in [1.54, 1.807) is 0 Å². The predicted octanol–water partition coefficient (Wildman–Crippen LogP) is 8.84. The van der Waals surface area contributed by atoms with Crippen molar-refractivity contribution < 1.29 is 9.53 Å². The second-order valence-corrected chi connectivity index (χ2v) is 9.91. The quantitative estimate of drug-likeness (QED) is 0.122. The van der Waals surface area contributed by atoms with Crippen LogP contribution in [0.1, 0.15) is 90.5 Å². The zero-order chi connectivity index (χ0) is 25.6. The smallest absolute Gasteiger partial charge is 0.311 e. The number of ether oxygens (including phenoxy) is 1. The first-order chi connectivity index (χ1) is 17.6. The fraction of sp³-hybridized carbons (Fsp3) is 0.469. The summed E-state index contributed by atoms with van der Waals surface area (Å²) in [6.07, 6.45) is 16.1. The molecule has 0 N–H and O–H groups in total. The number of carbonyl (C=O) groups is 1. The molecule has 2 aromatic carbocycles. The number of carbonyl (C=O) groups excluding carboxylic acids is 1. The van der Waals surface area contributed by atoms with Gasteiger partial charge in [0, 0.05) is 29.9 Å². The molecule has 0 radical (unpaired) electrons. The van der Waals surface area contributed by atoms with Crippen molar-refractivity contribution in [2.45, 2.75) is 91.4 Å². The Morgan fingerprint density at radius 1 is 0.778 bits per heavy atom. The van der Waals surface area contributed by atoms with Gasteiger partial charge in [-0.25, -0.2) is 9.97 Å². The Morgan fingerprint density at radius 2 is 1.44 bits per heavy atom. The van der Waals surface area contributed by atoms with E-state index in [-0.39, 0.29) is 5.97 Å². The number of unbranched alkanes of at least 4 members (excludes halogenated alkanes) is 5. The molecule has 0 bridgehead atoms. The minimum absolute atomic E-state index is 0.165. The van der Waals surface area contributed by atoms with Crippen LogP contribution in [0.4, 0.5) is 0 Å². The number of rotatable bonds is 15. The molecule has 1 heterocycles. The molecule has 0 aliphatic carbocycles. The Kier molecular flexibility index (Phi) is 11.6. The van der Waals surface area contributed by atoms with Gasteiger partial charge in [-0.2, -0.15) is 0 Å². The highest BCUT2D eigenvalue weighted by molar-refractivity contribution is 5.73. The van der Waals surface area contributed by atoms with Crippen molar-refractivity contribution in [3.63, 3.8) is 0 Å². The van der Waals surface area contributed by atoms with Gasteiger partial charge in [0.15, 0.2) is 5.82 Å². The molecule has 0 aliphatic heterocycles. The highest BCUT2D eigenvalue weighted by Gasteiger charge is 2.08. The van der Waals surface area contributed by atoms with Gasteiger partial charge in [0.2, 0.25) is 0 Å². The summed E-state index contributed by atoms with van der Waals surface area (Å²) in [6.45, 7) is 6.71. The van der Waals surface area contributed by atoms with Crippen molar-refractivity contribution >= 4 is 5.97 Å². The monoisotopic (exact) mass is 486 g/mol.